The Kier molecular flexibility index (Phi) is 2.26. The molecule has 48 valence electrons. The molecule has 1 aliphatic carbocycles. The molecule has 0 spiro atoms. The number of nitrogens with two attached hydrogens (primary N) is 1. The van der Waals surface area contributed by atoms with Gasteiger partial charge in [-0.15, -0.1) is 0 Å². The van der Waals surface area contributed by atoms with Crippen LogP contribution in [-0.4, -0.2) is 27.3 Å². The van der Waals surface area contributed by atoms with Gasteiger partial charge in [0.05, 0.1) is 0 Å². The van der Waals surface area contributed by atoms with Crippen molar-refractivity contribution in [3.8, 4) is 0 Å². The van der Waals surface area contributed by atoms with E-state index < -0.39 is 0 Å². The molecular weight excluding hydrogens is 185 g/mol. The molecule has 0 bridgehead atoms. The maximum atomic E-state index is 5.66. The molecule has 0 amide bonds. The van der Waals surface area contributed by atoms with Gasteiger partial charge in [0, 0.05) is 0 Å². The van der Waals surface area contributed by atoms with Crippen LogP contribution < -0.4 is 5.73 Å². The van der Waals surface area contributed by atoms with Crippen LogP contribution in [0, 0.1) is 0 Å². The zero-order chi connectivity index (χ0) is 6.15. The van der Waals surface area contributed by atoms with Gasteiger partial charge in [-0.2, -0.15) is 0 Å². The first-order chi connectivity index (χ1) is 3.70. The van der Waals surface area contributed by atoms with E-state index in [0.29, 0.717) is 16.1 Å². The quantitative estimate of drug-likeness (QED) is 0.417. The summed E-state index contributed by atoms with van der Waals surface area (Å²) in [4.78, 5) is 0.667. The van der Waals surface area contributed by atoms with Crippen molar-refractivity contribution >= 4 is 28.6 Å². The summed E-state index contributed by atoms with van der Waals surface area (Å²) in [6.45, 7) is 0. The van der Waals surface area contributed by atoms with Crippen LogP contribution in [0.15, 0.2) is 0 Å². The summed E-state index contributed by atoms with van der Waals surface area (Å²) in [7, 11) is 0. The predicted octanol–water partition coefficient (Wildman–Crippen LogP) is 0.0952. The van der Waals surface area contributed by atoms with E-state index in [1.807, 2.05) is 0 Å². The summed E-state index contributed by atoms with van der Waals surface area (Å²) < 4.78 is 0. The van der Waals surface area contributed by atoms with Gasteiger partial charge in [0.15, 0.2) is 0 Å². The summed E-state index contributed by atoms with van der Waals surface area (Å²) in [5.41, 5.74) is 5.66. The van der Waals surface area contributed by atoms with E-state index >= 15 is 0 Å². The molecule has 3 atom stereocenters. The summed E-state index contributed by atoms with van der Waals surface area (Å²) in [5.74, 6) is 0. The third-order valence-electron chi connectivity index (χ3n) is 1.53. The van der Waals surface area contributed by atoms with Crippen LogP contribution in [0.3, 0.4) is 0 Å². The molecule has 1 saturated carbocycles. The van der Waals surface area contributed by atoms with E-state index in [1.54, 1.807) is 0 Å². The molecule has 0 aromatic carbocycles. The number of rotatable bonds is 0. The van der Waals surface area contributed by atoms with Crippen molar-refractivity contribution in [2.24, 2.45) is 5.73 Å². The molecule has 0 aliphatic heterocycles. The van der Waals surface area contributed by atoms with Crippen LogP contribution >= 0.6 is 12.6 Å². The average Bonchev–Trinajstić information content (AvgIpc) is 1.85. The normalized spacial score (nSPS) is 47.6. The molecule has 1 nitrogen and oxygen atoms in total. The Morgan fingerprint density at radius 1 is 1.50 bits per heavy atom. The summed E-state index contributed by atoms with van der Waals surface area (Å²) in [5, 5.41) is 0.532. The summed E-state index contributed by atoms with van der Waals surface area (Å²) >= 11 is 6.99. The number of hydrogen-bond donors (Lipinski definition) is 2. The SMILES string of the molecule is NC1CC(S)C([SeH])C1. The second-order valence-corrected chi connectivity index (χ2v) is 4.42. The van der Waals surface area contributed by atoms with Crippen LogP contribution in [0.1, 0.15) is 12.8 Å². The molecule has 3 heteroatoms. The Balaban J connectivity index is 2.39. The fraction of sp³-hybridized carbons (Fsp3) is 1.00. The molecule has 1 fully saturated rings. The first-order valence-corrected chi connectivity index (χ1v) is 4.42. The van der Waals surface area contributed by atoms with E-state index in [4.69, 9.17) is 5.73 Å². The van der Waals surface area contributed by atoms with Gasteiger partial charge in [0.2, 0.25) is 0 Å². The number of thiol groups is 1. The summed E-state index contributed by atoms with van der Waals surface area (Å²) in [6, 6.07) is 0.408. The van der Waals surface area contributed by atoms with Crippen LogP contribution in [0.2, 0.25) is 4.82 Å². The van der Waals surface area contributed by atoms with Gasteiger partial charge in [-0.1, -0.05) is 0 Å². The molecular formula is C5H11NSSe. The minimum absolute atomic E-state index is 0.408. The maximum absolute atomic E-state index is 5.66. The van der Waals surface area contributed by atoms with Crippen LogP contribution in [0.4, 0.5) is 0 Å². The Hall–Kier alpha value is 0.829. The topological polar surface area (TPSA) is 26.0 Å². The number of hydrogen-bond acceptors (Lipinski definition) is 2. The zero-order valence-electron chi connectivity index (χ0n) is 4.62. The van der Waals surface area contributed by atoms with Crippen molar-refractivity contribution in [2.75, 3.05) is 0 Å². The monoisotopic (exact) mass is 197 g/mol. The van der Waals surface area contributed by atoms with Crippen LogP contribution in [0.25, 0.3) is 0 Å². The van der Waals surface area contributed by atoms with E-state index in [-0.39, 0.29) is 0 Å². The molecule has 0 saturated heterocycles. The molecule has 0 aromatic rings. The molecule has 8 heavy (non-hydrogen) atoms. The third-order valence-corrected chi connectivity index (χ3v) is 3.81. The Morgan fingerprint density at radius 2 is 2.12 bits per heavy atom. The first-order valence-electron chi connectivity index (χ1n) is 2.82. The van der Waals surface area contributed by atoms with E-state index in [2.05, 4.69) is 28.6 Å². The van der Waals surface area contributed by atoms with Gasteiger partial charge >= 0.3 is 63.3 Å². The van der Waals surface area contributed by atoms with Gasteiger partial charge in [-0.3, -0.25) is 0 Å². The molecule has 3 unspecified atom stereocenters. The molecule has 2 N–H and O–H groups in total. The van der Waals surface area contributed by atoms with Crippen LogP contribution in [0.5, 0.6) is 0 Å². The standard InChI is InChI=1S/C5H11NSSe/c6-3-1-4(7)5(8)2-3/h3-5,7-8H,1-2,6H2. The predicted molar refractivity (Wildman–Crippen MR) is 40.9 cm³/mol. The van der Waals surface area contributed by atoms with E-state index in [1.165, 1.54) is 0 Å². The Labute approximate surface area is 63.6 Å². The average molecular weight is 196 g/mol. The van der Waals surface area contributed by atoms with Crippen molar-refractivity contribution in [1.29, 1.82) is 0 Å². The molecule has 0 heterocycles. The van der Waals surface area contributed by atoms with E-state index in [0.717, 1.165) is 12.8 Å². The Morgan fingerprint density at radius 3 is 2.25 bits per heavy atom. The molecule has 1 aliphatic rings. The van der Waals surface area contributed by atoms with Crippen molar-refractivity contribution < 1.29 is 0 Å². The van der Waals surface area contributed by atoms with Gasteiger partial charge < -0.3 is 0 Å². The van der Waals surface area contributed by atoms with Crippen molar-refractivity contribution in [1.82, 2.24) is 0 Å². The zero-order valence-corrected chi connectivity index (χ0v) is 7.39. The molecule has 1 rings (SSSR count). The fourth-order valence-electron chi connectivity index (χ4n) is 1.03. The van der Waals surface area contributed by atoms with Gasteiger partial charge in [-0.25, -0.2) is 0 Å². The summed E-state index contributed by atoms with van der Waals surface area (Å²) in [6.07, 6.45) is 2.22. The third kappa shape index (κ3) is 1.41. The molecule has 0 aromatic heterocycles. The fourth-order valence-corrected chi connectivity index (χ4v) is 2.25. The molecule has 0 radical (unpaired) electrons. The van der Waals surface area contributed by atoms with Gasteiger partial charge in [0.1, 0.15) is 0 Å². The van der Waals surface area contributed by atoms with Crippen LogP contribution in [-0.2, 0) is 0 Å². The second-order valence-electron chi connectivity index (χ2n) is 2.37. The van der Waals surface area contributed by atoms with Crippen molar-refractivity contribution in [3.05, 3.63) is 0 Å². The van der Waals surface area contributed by atoms with Gasteiger partial charge in [-0.05, 0) is 0 Å². The van der Waals surface area contributed by atoms with Crippen molar-refractivity contribution in [3.63, 3.8) is 0 Å². The second kappa shape index (κ2) is 2.61. The van der Waals surface area contributed by atoms with Crippen molar-refractivity contribution in [2.45, 2.75) is 28.9 Å². The van der Waals surface area contributed by atoms with E-state index in [9.17, 15) is 0 Å². The Bertz CT molecular complexity index is 78.5. The van der Waals surface area contributed by atoms with Gasteiger partial charge in [0.25, 0.3) is 0 Å². The first kappa shape index (κ1) is 6.94. The minimum atomic E-state index is 0.408.